The van der Waals surface area contributed by atoms with E-state index >= 15 is 0 Å². The highest BCUT2D eigenvalue weighted by Crippen LogP contribution is 2.25. The minimum atomic E-state index is -0.300. The lowest BCUT2D eigenvalue weighted by Crippen LogP contribution is -2.25. The normalized spacial score (nSPS) is 10.2. The number of hydrogen-bond donors (Lipinski definition) is 2. The highest BCUT2D eigenvalue weighted by molar-refractivity contribution is 6.35. The van der Waals surface area contributed by atoms with Crippen molar-refractivity contribution >= 4 is 46.4 Å². The Kier molecular flexibility index (Phi) is 6.06. The van der Waals surface area contributed by atoms with Crippen LogP contribution in [0.5, 0.6) is 0 Å². The van der Waals surface area contributed by atoms with Gasteiger partial charge in [-0.25, -0.2) is 0 Å². The van der Waals surface area contributed by atoms with Crippen LogP contribution >= 0.6 is 23.2 Å². The molecular formula is C17H17Cl2N3O2. The van der Waals surface area contributed by atoms with Crippen molar-refractivity contribution in [2.75, 3.05) is 31.3 Å². The van der Waals surface area contributed by atoms with Crippen molar-refractivity contribution in [3.05, 3.63) is 58.1 Å². The molecule has 0 spiro atoms. The van der Waals surface area contributed by atoms with E-state index in [4.69, 9.17) is 23.2 Å². The molecule has 24 heavy (non-hydrogen) atoms. The molecule has 0 unspecified atom stereocenters. The average molecular weight is 366 g/mol. The van der Waals surface area contributed by atoms with Crippen molar-refractivity contribution in [3.63, 3.8) is 0 Å². The molecule has 0 radical (unpaired) electrons. The predicted molar refractivity (Wildman–Crippen MR) is 98.0 cm³/mol. The quantitative estimate of drug-likeness (QED) is 0.847. The Hall–Kier alpha value is -2.24. The molecule has 0 heterocycles. The zero-order chi connectivity index (χ0) is 17.7. The molecule has 2 aromatic rings. The van der Waals surface area contributed by atoms with E-state index < -0.39 is 0 Å². The van der Waals surface area contributed by atoms with Crippen molar-refractivity contribution in [2.45, 2.75) is 0 Å². The number of anilines is 2. The third-order valence-electron chi connectivity index (χ3n) is 3.21. The Balaban J connectivity index is 2.05. The van der Waals surface area contributed by atoms with Crippen LogP contribution in [0.3, 0.4) is 0 Å². The van der Waals surface area contributed by atoms with Gasteiger partial charge in [0.2, 0.25) is 5.91 Å². The zero-order valence-electron chi connectivity index (χ0n) is 13.3. The first-order valence-electron chi connectivity index (χ1n) is 7.18. The van der Waals surface area contributed by atoms with Crippen LogP contribution in [-0.4, -0.2) is 37.4 Å². The number of halogens is 2. The van der Waals surface area contributed by atoms with E-state index in [0.29, 0.717) is 27.0 Å². The van der Waals surface area contributed by atoms with Crippen molar-refractivity contribution in [3.8, 4) is 0 Å². The van der Waals surface area contributed by atoms with Crippen LogP contribution < -0.4 is 10.6 Å². The van der Waals surface area contributed by atoms with Crippen molar-refractivity contribution in [1.82, 2.24) is 4.90 Å². The Morgan fingerprint density at radius 1 is 1.04 bits per heavy atom. The Bertz CT molecular complexity index is 763. The third-order valence-corrected chi connectivity index (χ3v) is 3.77. The van der Waals surface area contributed by atoms with Gasteiger partial charge in [-0.05, 0) is 30.3 Å². The number of rotatable bonds is 5. The predicted octanol–water partition coefficient (Wildman–Crippen LogP) is 3.75. The highest BCUT2D eigenvalue weighted by atomic mass is 35.5. The van der Waals surface area contributed by atoms with Gasteiger partial charge in [-0.3, -0.25) is 9.59 Å². The average Bonchev–Trinajstić information content (AvgIpc) is 2.56. The lowest BCUT2D eigenvalue weighted by molar-refractivity contribution is -0.114. The second-order valence-corrected chi connectivity index (χ2v) is 6.11. The highest BCUT2D eigenvalue weighted by Gasteiger charge is 2.13. The van der Waals surface area contributed by atoms with Crippen LogP contribution in [0.25, 0.3) is 0 Å². The summed E-state index contributed by atoms with van der Waals surface area (Å²) in [7, 11) is 3.35. The van der Waals surface area contributed by atoms with E-state index in [1.165, 1.54) is 4.90 Å². The number of nitrogens with zero attached hydrogens (tertiary/aromatic N) is 1. The number of para-hydroxylation sites is 1. The topological polar surface area (TPSA) is 61.4 Å². The first-order valence-corrected chi connectivity index (χ1v) is 7.93. The molecule has 0 aliphatic carbocycles. The van der Waals surface area contributed by atoms with Gasteiger partial charge in [0.25, 0.3) is 5.91 Å². The molecule has 5 nitrogen and oxygen atoms in total. The first-order chi connectivity index (χ1) is 11.4. The van der Waals surface area contributed by atoms with E-state index in [0.717, 1.165) is 0 Å². The number of carbonyl (C=O) groups excluding carboxylic acids is 2. The maximum atomic E-state index is 12.1. The van der Waals surface area contributed by atoms with Crippen LogP contribution in [0.2, 0.25) is 10.0 Å². The molecule has 0 aromatic heterocycles. The maximum absolute atomic E-state index is 12.1. The smallest absolute Gasteiger partial charge is 0.255 e. The van der Waals surface area contributed by atoms with Gasteiger partial charge in [0.05, 0.1) is 22.8 Å². The summed E-state index contributed by atoms with van der Waals surface area (Å²) in [6, 6.07) is 11.8. The molecule has 2 rings (SSSR count). The zero-order valence-corrected chi connectivity index (χ0v) is 14.8. The summed E-state index contributed by atoms with van der Waals surface area (Å²) < 4.78 is 0. The summed E-state index contributed by atoms with van der Waals surface area (Å²) in [5, 5.41) is 6.52. The molecule has 2 aromatic carbocycles. The Morgan fingerprint density at radius 2 is 1.75 bits per heavy atom. The van der Waals surface area contributed by atoms with Crippen molar-refractivity contribution in [1.29, 1.82) is 0 Å². The molecule has 0 atom stereocenters. The lowest BCUT2D eigenvalue weighted by atomic mass is 10.1. The molecule has 0 aliphatic rings. The third kappa shape index (κ3) is 4.63. The molecule has 126 valence electrons. The van der Waals surface area contributed by atoms with Gasteiger partial charge in [0, 0.05) is 24.8 Å². The first kappa shape index (κ1) is 18.1. The fourth-order valence-corrected chi connectivity index (χ4v) is 2.36. The van der Waals surface area contributed by atoms with Crippen molar-refractivity contribution in [2.24, 2.45) is 0 Å². The van der Waals surface area contributed by atoms with Gasteiger partial charge in [0.1, 0.15) is 0 Å². The lowest BCUT2D eigenvalue weighted by Gasteiger charge is -2.15. The fourth-order valence-electron chi connectivity index (χ4n) is 2.03. The van der Waals surface area contributed by atoms with Gasteiger partial charge in [0.15, 0.2) is 0 Å². The standard InChI is InChI=1S/C17H17Cl2N3O2/c1-22(2)17(24)12-5-3-4-6-14(12)20-10-16(23)21-15-9-11(18)7-8-13(15)19/h3-9,20H,10H2,1-2H3,(H,21,23). The number of nitrogens with one attached hydrogen (secondary N) is 2. The monoisotopic (exact) mass is 365 g/mol. The molecule has 0 bridgehead atoms. The van der Waals surface area contributed by atoms with E-state index in [1.807, 2.05) is 0 Å². The summed E-state index contributed by atoms with van der Waals surface area (Å²) in [6.07, 6.45) is 0. The molecule has 7 heteroatoms. The van der Waals surface area contributed by atoms with Gasteiger partial charge < -0.3 is 15.5 Å². The molecule has 2 amide bonds. The molecular weight excluding hydrogens is 349 g/mol. The molecule has 0 aliphatic heterocycles. The fraction of sp³-hybridized carbons (Fsp3) is 0.176. The summed E-state index contributed by atoms with van der Waals surface area (Å²) in [5.41, 5.74) is 1.52. The molecule has 0 saturated carbocycles. The van der Waals surface area contributed by atoms with Crippen LogP contribution in [0.4, 0.5) is 11.4 Å². The second kappa shape index (κ2) is 8.04. The van der Waals surface area contributed by atoms with E-state index in [9.17, 15) is 9.59 Å². The molecule has 2 N–H and O–H groups in total. The van der Waals surface area contributed by atoms with Gasteiger partial charge >= 0.3 is 0 Å². The van der Waals surface area contributed by atoms with E-state index in [1.54, 1.807) is 56.6 Å². The van der Waals surface area contributed by atoms with E-state index in [-0.39, 0.29) is 18.4 Å². The largest absolute Gasteiger partial charge is 0.376 e. The van der Waals surface area contributed by atoms with Crippen LogP contribution in [0.15, 0.2) is 42.5 Å². The second-order valence-electron chi connectivity index (χ2n) is 5.27. The summed E-state index contributed by atoms with van der Waals surface area (Å²) >= 11 is 11.9. The van der Waals surface area contributed by atoms with Gasteiger partial charge in [-0.2, -0.15) is 0 Å². The van der Waals surface area contributed by atoms with Crippen LogP contribution in [0, 0.1) is 0 Å². The van der Waals surface area contributed by atoms with Crippen molar-refractivity contribution < 1.29 is 9.59 Å². The minimum absolute atomic E-state index is 0.0133. The molecule has 0 fully saturated rings. The number of benzene rings is 2. The van der Waals surface area contributed by atoms with Crippen LogP contribution in [-0.2, 0) is 4.79 Å². The Labute approximate surface area is 150 Å². The molecule has 0 saturated heterocycles. The van der Waals surface area contributed by atoms with Crippen LogP contribution in [0.1, 0.15) is 10.4 Å². The summed E-state index contributed by atoms with van der Waals surface area (Å²) in [6.45, 7) is -0.0133. The van der Waals surface area contributed by atoms with Gasteiger partial charge in [-0.1, -0.05) is 35.3 Å². The number of carbonyl (C=O) groups is 2. The SMILES string of the molecule is CN(C)C(=O)c1ccccc1NCC(=O)Nc1cc(Cl)ccc1Cl. The van der Waals surface area contributed by atoms with Gasteiger partial charge in [-0.15, -0.1) is 0 Å². The Morgan fingerprint density at radius 3 is 2.46 bits per heavy atom. The summed E-state index contributed by atoms with van der Waals surface area (Å²) in [5.74, 6) is -0.442. The number of amides is 2. The maximum Gasteiger partial charge on any atom is 0.255 e. The van der Waals surface area contributed by atoms with E-state index in [2.05, 4.69) is 10.6 Å². The minimum Gasteiger partial charge on any atom is -0.376 e. The summed E-state index contributed by atoms with van der Waals surface area (Å²) in [4.78, 5) is 25.7. The number of hydrogen-bond acceptors (Lipinski definition) is 3.